The van der Waals surface area contributed by atoms with Gasteiger partial charge >= 0.3 is 5.97 Å². The first-order chi connectivity index (χ1) is 13.5. The zero-order valence-electron chi connectivity index (χ0n) is 17.0. The van der Waals surface area contributed by atoms with Crippen molar-refractivity contribution < 1.29 is 28.5 Å². The molecule has 0 bridgehead atoms. The van der Waals surface area contributed by atoms with E-state index in [9.17, 15) is 23.7 Å². The van der Waals surface area contributed by atoms with E-state index >= 15 is 0 Å². The van der Waals surface area contributed by atoms with Crippen LogP contribution in [-0.2, 0) is 14.1 Å². The van der Waals surface area contributed by atoms with Crippen LogP contribution in [-0.4, -0.2) is 35.3 Å². The second-order valence-electron chi connectivity index (χ2n) is 7.20. The van der Waals surface area contributed by atoms with Gasteiger partial charge in [0.25, 0.3) is 0 Å². The second kappa shape index (κ2) is 9.49. The predicted octanol–water partition coefficient (Wildman–Crippen LogP) is 4.58. The highest BCUT2D eigenvalue weighted by atomic mass is 31.2. The van der Waals surface area contributed by atoms with Crippen LogP contribution in [0.1, 0.15) is 28.7 Å². The highest BCUT2D eigenvalue weighted by Crippen LogP contribution is 2.44. The maximum Gasteiger partial charge on any atom is 0.308 e. The maximum atomic E-state index is 13.7. The van der Waals surface area contributed by atoms with Crippen LogP contribution < -0.4 is 0 Å². The van der Waals surface area contributed by atoms with Gasteiger partial charge in [-0.15, -0.1) is 0 Å². The number of methoxy groups -OCH3 is 1. The van der Waals surface area contributed by atoms with E-state index in [1.165, 1.54) is 19.0 Å². The standard InChI is InChI=1S/C22H26FO5P/c1-14-9-15(2)19(20(10-14)17-5-6-21(23)16(3)11-17)7-8-29(26,27)13-18(24)12-22(25)28-4/h5-11,18,24H,12-13H2,1-4H3,(H,26,27). The highest BCUT2D eigenvalue weighted by Gasteiger charge is 2.22. The number of rotatable bonds is 7. The van der Waals surface area contributed by atoms with Gasteiger partial charge in [0.1, 0.15) is 5.82 Å². The van der Waals surface area contributed by atoms with Crippen molar-refractivity contribution in [2.24, 2.45) is 0 Å². The Balaban J connectivity index is 2.37. The average Bonchev–Trinajstić information content (AvgIpc) is 2.61. The molecule has 0 radical (unpaired) electrons. The fraction of sp³-hybridized carbons (Fsp3) is 0.318. The summed E-state index contributed by atoms with van der Waals surface area (Å²) in [6.45, 7) is 5.52. The van der Waals surface area contributed by atoms with Gasteiger partial charge < -0.3 is 14.7 Å². The van der Waals surface area contributed by atoms with E-state index in [0.717, 1.165) is 27.8 Å². The molecule has 0 spiro atoms. The van der Waals surface area contributed by atoms with E-state index in [0.29, 0.717) is 5.56 Å². The SMILES string of the molecule is COC(=O)CC(O)CP(=O)(O)C=Cc1c(C)cc(C)cc1-c1ccc(F)c(C)c1. The molecule has 156 valence electrons. The summed E-state index contributed by atoms with van der Waals surface area (Å²) >= 11 is 0. The number of benzene rings is 2. The minimum absolute atomic E-state index is 0.297. The molecule has 2 aromatic rings. The summed E-state index contributed by atoms with van der Waals surface area (Å²) in [6, 6.07) is 8.70. The van der Waals surface area contributed by atoms with Crippen LogP contribution in [0.25, 0.3) is 17.2 Å². The fourth-order valence-corrected chi connectivity index (χ4v) is 4.38. The number of carbonyl (C=O) groups is 1. The molecule has 0 aliphatic carbocycles. The van der Waals surface area contributed by atoms with Crippen molar-refractivity contribution >= 4 is 19.4 Å². The molecule has 2 aromatic carbocycles. The van der Waals surface area contributed by atoms with Gasteiger partial charge in [-0.3, -0.25) is 9.36 Å². The molecular formula is C22H26FO5P. The zero-order valence-corrected chi connectivity index (χ0v) is 17.9. The molecule has 2 N–H and O–H groups in total. The smallest absolute Gasteiger partial charge is 0.308 e. The molecule has 2 unspecified atom stereocenters. The van der Waals surface area contributed by atoms with Crippen molar-refractivity contribution in [3.63, 3.8) is 0 Å². The molecule has 0 saturated heterocycles. The van der Waals surface area contributed by atoms with Crippen molar-refractivity contribution in [1.29, 1.82) is 0 Å². The van der Waals surface area contributed by atoms with Gasteiger partial charge in [0, 0.05) is 5.82 Å². The average molecular weight is 420 g/mol. The van der Waals surface area contributed by atoms with E-state index < -0.39 is 25.6 Å². The summed E-state index contributed by atoms with van der Waals surface area (Å²) in [6.07, 6.45) is -0.525. The van der Waals surface area contributed by atoms with Crippen LogP contribution in [0, 0.1) is 26.6 Å². The molecule has 5 nitrogen and oxygen atoms in total. The minimum atomic E-state index is -3.84. The zero-order chi connectivity index (χ0) is 21.8. The maximum absolute atomic E-state index is 13.7. The summed E-state index contributed by atoms with van der Waals surface area (Å²) in [7, 11) is -2.65. The Kier molecular flexibility index (Phi) is 7.53. The molecule has 0 aliphatic heterocycles. The van der Waals surface area contributed by atoms with Gasteiger partial charge in [-0.25, -0.2) is 4.39 Å². The fourth-order valence-electron chi connectivity index (χ4n) is 3.15. The molecule has 0 aromatic heterocycles. The number of aliphatic hydroxyl groups excluding tert-OH is 1. The van der Waals surface area contributed by atoms with Crippen molar-refractivity contribution in [2.75, 3.05) is 13.3 Å². The quantitative estimate of drug-likeness (QED) is 0.506. The van der Waals surface area contributed by atoms with Gasteiger partial charge in [-0.2, -0.15) is 0 Å². The van der Waals surface area contributed by atoms with Crippen molar-refractivity contribution in [1.82, 2.24) is 0 Å². The van der Waals surface area contributed by atoms with E-state index in [-0.39, 0.29) is 12.2 Å². The van der Waals surface area contributed by atoms with Crippen LogP contribution in [0.5, 0.6) is 0 Å². The Labute approximate surface area is 170 Å². The third-order valence-electron chi connectivity index (χ3n) is 4.58. The summed E-state index contributed by atoms with van der Waals surface area (Å²) < 4.78 is 30.6. The molecule has 2 atom stereocenters. The van der Waals surface area contributed by atoms with Gasteiger partial charge in [0.2, 0.25) is 7.37 Å². The molecule has 0 fully saturated rings. The number of esters is 1. The third-order valence-corrected chi connectivity index (χ3v) is 6.14. The van der Waals surface area contributed by atoms with E-state index in [4.69, 9.17) is 0 Å². The monoisotopic (exact) mass is 420 g/mol. The largest absolute Gasteiger partial charge is 0.469 e. The molecule has 0 saturated carbocycles. The normalized spacial score (nSPS) is 14.6. The van der Waals surface area contributed by atoms with Crippen LogP contribution >= 0.6 is 7.37 Å². The first kappa shape index (κ1) is 23.0. The first-order valence-corrected chi connectivity index (χ1v) is 11.1. The topological polar surface area (TPSA) is 83.8 Å². The number of ether oxygens (including phenoxy) is 1. The number of carbonyl (C=O) groups excluding carboxylic acids is 1. The van der Waals surface area contributed by atoms with Gasteiger partial charge in [-0.05, 0) is 66.8 Å². The van der Waals surface area contributed by atoms with E-state index in [1.807, 2.05) is 26.0 Å². The summed E-state index contributed by atoms with van der Waals surface area (Å²) in [5, 5.41) is 9.86. The Hall–Kier alpha value is -2.27. The Morgan fingerprint density at radius 2 is 1.90 bits per heavy atom. The summed E-state index contributed by atoms with van der Waals surface area (Å²) in [5.41, 5.74) is 4.77. The lowest BCUT2D eigenvalue weighted by Gasteiger charge is -2.15. The molecular weight excluding hydrogens is 394 g/mol. The van der Waals surface area contributed by atoms with E-state index in [1.54, 1.807) is 25.1 Å². The molecule has 29 heavy (non-hydrogen) atoms. The van der Waals surface area contributed by atoms with Crippen molar-refractivity contribution in [3.05, 3.63) is 64.2 Å². The van der Waals surface area contributed by atoms with Crippen LogP contribution in [0.15, 0.2) is 36.1 Å². The lowest BCUT2D eigenvalue weighted by molar-refractivity contribution is -0.142. The lowest BCUT2D eigenvalue weighted by atomic mass is 9.93. The van der Waals surface area contributed by atoms with Gasteiger partial charge in [0.05, 0.1) is 25.8 Å². The van der Waals surface area contributed by atoms with Crippen molar-refractivity contribution in [2.45, 2.75) is 33.3 Å². The Morgan fingerprint density at radius 3 is 2.52 bits per heavy atom. The Morgan fingerprint density at radius 1 is 1.21 bits per heavy atom. The van der Waals surface area contributed by atoms with E-state index in [2.05, 4.69) is 4.74 Å². The van der Waals surface area contributed by atoms with Crippen LogP contribution in [0.4, 0.5) is 4.39 Å². The van der Waals surface area contributed by atoms with Crippen LogP contribution in [0.3, 0.4) is 0 Å². The summed E-state index contributed by atoms with van der Waals surface area (Å²) in [5.74, 6) is 0.227. The first-order valence-electron chi connectivity index (χ1n) is 9.16. The number of hydrogen-bond acceptors (Lipinski definition) is 4. The minimum Gasteiger partial charge on any atom is -0.469 e. The molecule has 2 rings (SSSR count). The molecule has 0 amide bonds. The highest BCUT2D eigenvalue weighted by molar-refractivity contribution is 7.61. The molecule has 0 aliphatic rings. The van der Waals surface area contributed by atoms with Crippen molar-refractivity contribution in [3.8, 4) is 11.1 Å². The summed E-state index contributed by atoms with van der Waals surface area (Å²) in [4.78, 5) is 21.4. The Bertz CT molecular complexity index is 983. The lowest BCUT2D eigenvalue weighted by Crippen LogP contribution is -2.18. The number of halogens is 1. The van der Waals surface area contributed by atoms with Gasteiger partial charge in [-0.1, -0.05) is 23.8 Å². The molecule has 0 heterocycles. The predicted molar refractivity (Wildman–Crippen MR) is 112 cm³/mol. The third kappa shape index (κ3) is 6.36. The van der Waals surface area contributed by atoms with Gasteiger partial charge in [0.15, 0.2) is 0 Å². The second-order valence-corrected chi connectivity index (χ2v) is 9.37. The van der Waals surface area contributed by atoms with Crippen LogP contribution in [0.2, 0.25) is 0 Å². The number of hydrogen-bond donors (Lipinski definition) is 2. The number of aryl methyl sites for hydroxylation is 3. The molecule has 7 heteroatoms. The number of aliphatic hydroxyl groups is 1.